The molecule has 0 fully saturated rings. The number of alkyl halides is 3. The van der Waals surface area contributed by atoms with Crippen molar-refractivity contribution in [1.82, 2.24) is 4.98 Å². The molecular weight excluding hydrogens is 349 g/mol. The van der Waals surface area contributed by atoms with Crippen LogP contribution in [-0.2, 0) is 12.7 Å². The Hall–Kier alpha value is -1.80. The summed E-state index contributed by atoms with van der Waals surface area (Å²) in [6.07, 6.45) is -4.46. The van der Waals surface area contributed by atoms with Crippen LogP contribution >= 0.6 is 15.9 Å². The predicted octanol–water partition coefficient (Wildman–Crippen LogP) is 3.76. The second-order valence-electron chi connectivity index (χ2n) is 4.25. The number of hydrazine groups is 1. The normalized spacial score (nSPS) is 11.3. The fourth-order valence-corrected chi connectivity index (χ4v) is 2.14. The van der Waals surface area contributed by atoms with Crippen molar-refractivity contribution in [2.45, 2.75) is 12.7 Å². The third-order valence-electron chi connectivity index (χ3n) is 2.66. The standard InChI is InChI=1S/C13H12BrF3N4/c14-10-3-1-2-8(4-10)7-19-11-5-9(13(15,16)17)6-12(20-11)21-18/h1-6H,7,18H2,(H2,19,20,21). The van der Waals surface area contributed by atoms with Crippen molar-refractivity contribution >= 4 is 27.6 Å². The molecule has 0 saturated carbocycles. The summed E-state index contributed by atoms with van der Waals surface area (Å²) in [6, 6.07) is 9.22. The Balaban J connectivity index is 2.19. The van der Waals surface area contributed by atoms with Crippen molar-refractivity contribution in [3.05, 3.63) is 52.0 Å². The zero-order valence-electron chi connectivity index (χ0n) is 10.7. The van der Waals surface area contributed by atoms with E-state index in [0.717, 1.165) is 22.2 Å². The molecule has 0 radical (unpaired) electrons. The van der Waals surface area contributed by atoms with Gasteiger partial charge in [-0.1, -0.05) is 28.1 Å². The van der Waals surface area contributed by atoms with Crippen LogP contribution in [0.5, 0.6) is 0 Å². The number of aromatic nitrogens is 1. The van der Waals surface area contributed by atoms with Crippen LogP contribution in [0.2, 0.25) is 0 Å². The highest BCUT2D eigenvalue weighted by atomic mass is 79.9. The van der Waals surface area contributed by atoms with Crippen LogP contribution < -0.4 is 16.6 Å². The van der Waals surface area contributed by atoms with Crippen LogP contribution in [0, 0.1) is 0 Å². The van der Waals surface area contributed by atoms with Gasteiger partial charge in [0.25, 0.3) is 0 Å². The molecule has 0 atom stereocenters. The number of benzene rings is 1. The second-order valence-corrected chi connectivity index (χ2v) is 5.17. The largest absolute Gasteiger partial charge is 0.416 e. The Morgan fingerprint density at radius 3 is 2.48 bits per heavy atom. The van der Waals surface area contributed by atoms with Gasteiger partial charge in [0.2, 0.25) is 0 Å². The van der Waals surface area contributed by atoms with Crippen molar-refractivity contribution in [1.29, 1.82) is 0 Å². The molecule has 0 unspecified atom stereocenters. The van der Waals surface area contributed by atoms with Crippen molar-refractivity contribution in [2.24, 2.45) is 5.84 Å². The molecule has 112 valence electrons. The minimum Gasteiger partial charge on any atom is -0.366 e. The molecule has 2 aromatic rings. The SMILES string of the molecule is NNc1cc(C(F)(F)F)cc(NCc2cccc(Br)c2)n1. The highest BCUT2D eigenvalue weighted by Gasteiger charge is 2.31. The summed E-state index contributed by atoms with van der Waals surface area (Å²) in [5.41, 5.74) is 2.22. The third kappa shape index (κ3) is 4.33. The first kappa shape index (κ1) is 15.6. The van der Waals surface area contributed by atoms with Crippen LogP contribution in [0.15, 0.2) is 40.9 Å². The molecule has 4 nitrogen and oxygen atoms in total. The molecule has 0 aliphatic heterocycles. The summed E-state index contributed by atoms with van der Waals surface area (Å²) in [4.78, 5) is 3.94. The number of nitrogens with zero attached hydrogens (tertiary/aromatic N) is 1. The monoisotopic (exact) mass is 360 g/mol. The first-order valence-corrected chi connectivity index (χ1v) is 6.72. The molecule has 2 rings (SSSR count). The van der Waals surface area contributed by atoms with E-state index in [1.54, 1.807) is 0 Å². The summed E-state index contributed by atoms with van der Waals surface area (Å²) in [5.74, 6) is 5.19. The molecule has 1 heterocycles. The number of rotatable bonds is 4. The predicted molar refractivity (Wildman–Crippen MR) is 78.5 cm³/mol. The van der Waals surface area contributed by atoms with E-state index in [-0.39, 0.29) is 11.6 Å². The first-order valence-electron chi connectivity index (χ1n) is 5.92. The van der Waals surface area contributed by atoms with Crippen LogP contribution in [0.4, 0.5) is 24.8 Å². The summed E-state index contributed by atoms with van der Waals surface area (Å²) < 4.78 is 39.2. The number of hydrogen-bond donors (Lipinski definition) is 3. The first-order chi connectivity index (χ1) is 9.88. The maximum absolute atomic E-state index is 12.8. The molecule has 8 heteroatoms. The van der Waals surface area contributed by atoms with Crippen LogP contribution in [0.25, 0.3) is 0 Å². The molecule has 0 aliphatic rings. The Morgan fingerprint density at radius 2 is 1.86 bits per heavy atom. The highest BCUT2D eigenvalue weighted by molar-refractivity contribution is 9.10. The van der Waals surface area contributed by atoms with E-state index in [4.69, 9.17) is 5.84 Å². The van der Waals surface area contributed by atoms with E-state index in [2.05, 4.69) is 31.7 Å². The van der Waals surface area contributed by atoms with Crippen molar-refractivity contribution < 1.29 is 13.2 Å². The molecular formula is C13H12BrF3N4. The fourth-order valence-electron chi connectivity index (χ4n) is 1.70. The van der Waals surface area contributed by atoms with Gasteiger partial charge in [0.15, 0.2) is 0 Å². The Morgan fingerprint density at radius 1 is 1.14 bits per heavy atom. The lowest BCUT2D eigenvalue weighted by Gasteiger charge is -2.12. The quantitative estimate of drug-likeness (QED) is 0.573. The lowest BCUT2D eigenvalue weighted by molar-refractivity contribution is -0.137. The Bertz CT molecular complexity index is 631. The molecule has 1 aromatic heterocycles. The van der Waals surface area contributed by atoms with Crippen LogP contribution in [-0.4, -0.2) is 4.98 Å². The van der Waals surface area contributed by atoms with Crippen molar-refractivity contribution in [3.63, 3.8) is 0 Å². The van der Waals surface area contributed by atoms with Gasteiger partial charge in [-0.2, -0.15) is 13.2 Å². The highest BCUT2D eigenvalue weighted by Crippen LogP contribution is 2.32. The van der Waals surface area contributed by atoms with Gasteiger partial charge in [-0.15, -0.1) is 0 Å². The maximum Gasteiger partial charge on any atom is 0.416 e. The maximum atomic E-state index is 12.8. The molecule has 0 saturated heterocycles. The van der Waals surface area contributed by atoms with E-state index in [1.165, 1.54) is 0 Å². The molecule has 21 heavy (non-hydrogen) atoms. The summed E-state index contributed by atoms with van der Waals surface area (Å²) in [7, 11) is 0. The topological polar surface area (TPSA) is 63.0 Å². The molecule has 0 aliphatic carbocycles. The zero-order valence-corrected chi connectivity index (χ0v) is 12.3. The smallest absolute Gasteiger partial charge is 0.366 e. The minimum atomic E-state index is -4.46. The molecule has 0 amide bonds. The van der Waals surface area contributed by atoms with E-state index in [0.29, 0.717) is 6.54 Å². The molecule has 0 bridgehead atoms. The number of pyridine rings is 1. The number of anilines is 2. The van der Waals surface area contributed by atoms with Crippen LogP contribution in [0.1, 0.15) is 11.1 Å². The Labute approximate surface area is 127 Å². The minimum absolute atomic E-state index is 0.0541. The number of nitrogens with one attached hydrogen (secondary N) is 2. The molecule has 1 aromatic carbocycles. The van der Waals surface area contributed by atoms with E-state index in [1.807, 2.05) is 24.3 Å². The van der Waals surface area contributed by atoms with Gasteiger partial charge in [0.1, 0.15) is 11.6 Å². The average Bonchev–Trinajstić information content (AvgIpc) is 2.44. The van der Waals surface area contributed by atoms with Crippen LogP contribution in [0.3, 0.4) is 0 Å². The van der Waals surface area contributed by atoms with Gasteiger partial charge in [-0.25, -0.2) is 10.8 Å². The van der Waals surface area contributed by atoms with Gasteiger partial charge in [0.05, 0.1) is 5.56 Å². The van der Waals surface area contributed by atoms with E-state index < -0.39 is 11.7 Å². The lowest BCUT2D eigenvalue weighted by atomic mass is 10.2. The number of nitrogen functional groups attached to an aromatic ring is 1. The number of hydrogen-bond acceptors (Lipinski definition) is 4. The van der Waals surface area contributed by atoms with Crippen molar-refractivity contribution in [3.8, 4) is 0 Å². The van der Waals surface area contributed by atoms with Crippen molar-refractivity contribution in [2.75, 3.05) is 10.7 Å². The average molecular weight is 361 g/mol. The number of halogens is 4. The summed E-state index contributed by atoms with van der Waals surface area (Å²) in [5, 5.41) is 2.85. The van der Waals surface area contributed by atoms with E-state index >= 15 is 0 Å². The lowest BCUT2D eigenvalue weighted by Crippen LogP contribution is -2.13. The Kier molecular flexibility index (Phi) is 4.69. The van der Waals surface area contributed by atoms with Gasteiger partial charge in [-0.3, -0.25) is 0 Å². The van der Waals surface area contributed by atoms with Gasteiger partial charge in [-0.05, 0) is 29.8 Å². The zero-order chi connectivity index (χ0) is 15.5. The van der Waals surface area contributed by atoms with E-state index in [9.17, 15) is 13.2 Å². The number of nitrogens with two attached hydrogens (primary N) is 1. The third-order valence-corrected chi connectivity index (χ3v) is 3.16. The molecule has 0 spiro atoms. The van der Waals surface area contributed by atoms with Gasteiger partial charge < -0.3 is 10.7 Å². The fraction of sp³-hybridized carbons (Fsp3) is 0.154. The van der Waals surface area contributed by atoms with Gasteiger partial charge in [0, 0.05) is 11.0 Å². The van der Waals surface area contributed by atoms with Gasteiger partial charge >= 0.3 is 6.18 Å². The summed E-state index contributed by atoms with van der Waals surface area (Å²) >= 11 is 3.33. The molecule has 4 N–H and O–H groups in total. The summed E-state index contributed by atoms with van der Waals surface area (Å²) in [6.45, 7) is 0.345. The second kappa shape index (κ2) is 6.31.